The Morgan fingerprint density at radius 3 is 2.10 bits per heavy atom. The number of benzene rings is 2. The second-order valence-corrected chi connectivity index (χ2v) is 4.95. The van der Waals surface area contributed by atoms with Gasteiger partial charge in [0.05, 0.1) is 12.6 Å². The van der Waals surface area contributed by atoms with Gasteiger partial charge >= 0.3 is 0 Å². The lowest BCUT2D eigenvalue weighted by molar-refractivity contribution is 0.340. The fourth-order valence-corrected chi connectivity index (χ4v) is 2.29. The molecular formula is C17H20FNO. The molecule has 0 aliphatic carbocycles. The summed E-state index contributed by atoms with van der Waals surface area (Å²) in [5.41, 5.74) is 9.42. The summed E-state index contributed by atoms with van der Waals surface area (Å²) >= 11 is 0. The molecule has 2 aromatic carbocycles. The van der Waals surface area contributed by atoms with E-state index in [4.69, 9.17) is 10.5 Å². The van der Waals surface area contributed by atoms with Gasteiger partial charge in [-0.25, -0.2) is 4.39 Å². The minimum Gasteiger partial charge on any atom is -0.494 e. The molecule has 2 N–H and O–H groups in total. The summed E-state index contributed by atoms with van der Waals surface area (Å²) in [4.78, 5) is 0. The van der Waals surface area contributed by atoms with Crippen molar-refractivity contribution in [2.45, 2.75) is 26.8 Å². The highest BCUT2D eigenvalue weighted by Crippen LogP contribution is 2.25. The fraction of sp³-hybridized carbons (Fsp3) is 0.294. The van der Waals surface area contributed by atoms with Crippen molar-refractivity contribution in [2.24, 2.45) is 5.73 Å². The van der Waals surface area contributed by atoms with Crippen LogP contribution in [0.15, 0.2) is 36.4 Å². The molecule has 0 saturated heterocycles. The van der Waals surface area contributed by atoms with Gasteiger partial charge in [0.15, 0.2) is 0 Å². The molecule has 3 heteroatoms. The van der Waals surface area contributed by atoms with Crippen molar-refractivity contribution in [3.63, 3.8) is 0 Å². The zero-order chi connectivity index (χ0) is 14.7. The second kappa shape index (κ2) is 6.06. The zero-order valence-electron chi connectivity index (χ0n) is 12.1. The van der Waals surface area contributed by atoms with Gasteiger partial charge in [0.2, 0.25) is 0 Å². The molecule has 0 saturated carbocycles. The van der Waals surface area contributed by atoms with Crippen LogP contribution in [0.4, 0.5) is 4.39 Å². The zero-order valence-corrected chi connectivity index (χ0v) is 12.1. The van der Waals surface area contributed by atoms with Crippen molar-refractivity contribution in [2.75, 3.05) is 6.61 Å². The number of nitrogens with two attached hydrogens (primary N) is 1. The van der Waals surface area contributed by atoms with Crippen LogP contribution in [0.5, 0.6) is 5.75 Å². The molecule has 1 unspecified atom stereocenters. The Labute approximate surface area is 119 Å². The van der Waals surface area contributed by atoms with Crippen molar-refractivity contribution in [3.8, 4) is 5.75 Å². The molecular weight excluding hydrogens is 253 g/mol. The van der Waals surface area contributed by atoms with E-state index >= 15 is 0 Å². The molecule has 0 aliphatic heterocycles. The molecule has 0 aromatic heterocycles. The molecule has 2 rings (SSSR count). The van der Waals surface area contributed by atoms with Crippen LogP contribution in [-0.4, -0.2) is 6.61 Å². The normalized spacial score (nSPS) is 12.2. The second-order valence-electron chi connectivity index (χ2n) is 4.95. The Morgan fingerprint density at radius 1 is 1.05 bits per heavy atom. The van der Waals surface area contributed by atoms with E-state index in [0.29, 0.717) is 17.7 Å². The van der Waals surface area contributed by atoms with Crippen LogP contribution in [0, 0.1) is 19.7 Å². The summed E-state index contributed by atoms with van der Waals surface area (Å²) in [6.07, 6.45) is 0. The third-order valence-electron chi connectivity index (χ3n) is 3.37. The van der Waals surface area contributed by atoms with Gasteiger partial charge in [-0.05, 0) is 55.2 Å². The highest BCUT2D eigenvalue weighted by molar-refractivity contribution is 5.39. The van der Waals surface area contributed by atoms with Gasteiger partial charge in [0, 0.05) is 0 Å². The van der Waals surface area contributed by atoms with E-state index in [-0.39, 0.29) is 11.9 Å². The molecule has 106 valence electrons. The molecule has 2 aromatic rings. The van der Waals surface area contributed by atoms with Crippen molar-refractivity contribution >= 4 is 0 Å². The van der Waals surface area contributed by atoms with E-state index in [1.165, 1.54) is 0 Å². The standard InChI is InChI=1S/C17H20FNO/c1-4-20-15-7-5-13(6-8-15)17(19)14-9-11(2)16(18)12(3)10-14/h5-10,17H,4,19H2,1-3H3. The maximum atomic E-state index is 13.7. The Bertz CT molecular complexity index is 569. The number of hydrogen-bond donors (Lipinski definition) is 1. The van der Waals surface area contributed by atoms with Crippen LogP contribution in [-0.2, 0) is 0 Å². The monoisotopic (exact) mass is 273 g/mol. The van der Waals surface area contributed by atoms with Crippen LogP contribution in [0.3, 0.4) is 0 Å². The highest BCUT2D eigenvalue weighted by Gasteiger charge is 2.12. The van der Waals surface area contributed by atoms with Crippen molar-refractivity contribution < 1.29 is 9.13 Å². The lowest BCUT2D eigenvalue weighted by atomic mass is 9.96. The van der Waals surface area contributed by atoms with Crippen molar-refractivity contribution in [3.05, 3.63) is 64.5 Å². The molecule has 0 amide bonds. The van der Waals surface area contributed by atoms with Crippen molar-refractivity contribution in [1.29, 1.82) is 0 Å². The van der Waals surface area contributed by atoms with Crippen LogP contribution in [0.25, 0.3) is 0 Å². The highest BCUT2D eigenvalue weighted by atomic mass is 19.1. The largest absolute Gasteiger partial charge is 0.494 e. The van der Waals surface area contributed by atoms with E-state index in [1.807, 2.05) is 43.3 Å². The maximum Gasteiger partial charge on any atom is 0.129 e. The quantitative estimate of drug-likeness (QED) is 0.917. The third kappa shape index (κ3) is 2.99. The van der Waals surface area contributed by atoms with Gasteiger partial charge in [-0.15, -0.1) is 0 Å². The first-order valence-electron chi connectivity index (χ1n) is 6.78. The average molecular weight is 273 g/mol. The number of halogens is 1. The average Bonchev–Trinajstić information content (AvgIpc) is 2.44. The first-order valence-corrected chi connectivity index (χ1v) is 6.78. The molecule has 1 atom stereocenters. The van der Waals surface area contributed by atoms with Gasteiger partial charge < -0.3 is 10.5 Å². The summed E-state index contributed by atoms with van der Waals surface area (Å²) < 4.78 is 19.1. The van der Waals surface area contributed by atoms with Crippen LogP contribution < -0.4 is 10.5 Å². The van der Waals surface area contributed by atoms with E-state index in [1.54, 1.807) is 13.8 Å². The first-order chi connectivity index (χ1) is 9.52. The number of aryl methyl sites for hydroxylation is 2. The van der Waals surface area contributed by atoms with E-state index in [2.05, 4.69) is 0 Å². The smallest absolute Gasteiger partial charge is 0.129 e. The van der Waals surface area contributed by atoms with Crippen LogP contribution in [0.1, 0.15) is 35.2 Å². The molecule has 0 spiro atoms. The fourth-order valence-electron chi connectivity index (χ4n) is 2.29. The minimum atomic E-state index is -0.260. The molecule has 20 heavy (non-hydrogen) atoms. The molecule has 0 heterocycles. The van der Waals surface area contributed by atoms with Crippen LogP contribution >= 0.6 is 0 Å². The Kier molecular flexibility index (Phi) is 4.40. The summed E-state index contributed by atoms with van der Waals surface area (Å²) in [6.45, 7) is 6.11. The molecule has 2 nitrogen and oxygen atoms in total. The topological polar surface area (TPSA) is 35.2 Å². The van der Waals surface area contributed by atoms with Gasteiger partial charge in [0.1, 0.15) is 11.6 Å². The summed E-state index contributed by atoms with van der Waals surface area (Å²) in [5.74, 6) is 0.669. The lowest BCUT2D eigenvalue weighted by Gasteiger charge is -2.15. The molecule has 0 bridgehead atoms. The third-order valence-corrected chi connectivity index (χ3v) is 3.37. The van der Waals surface area contributed by atoms with Crippen LogP contribution in [0.2, 0.25) is 0 Å². The molecule has 0 fully saturated rings. The summed E-state index contributed by atoms with van der Waals surface area (Å²) in [5, 5.41) is 0. The lowest BCUT2D eigenvalue weighted by Crippen LogP contribution is -2.12. The molecule has 0 aliphatic rings. The predicted molar refractivity (Wildman–Crippen MR) is 79.5 cm³/mol. The summed E-state index contributed by atoms with van der Waals surface area (Å²) in [6, 6.07) is 11.1. The summed E-state index contributed by atoms with van der Waals surface area (Å²) in [7, 11) is 0. The van der Waals surface area contributed by atoms with E-state index < -0.39 is 0 Å². The Hall–Kier alpha value is -1.87. The van der Waals surface area contributed by atoms with Gasteiger partial charge in [-0.1, -0.05) is 24.3 Å². The van der Waals surface area contributed by atoms with Gasteiger partial charge in [-0.3, -0.25) is 0 Å². The van der Waals surface area contributed by atoms with Gasteiger partial charge in [-0.2, -0.15) is 0 Å². The molecule has 0 radical (unpaired) electrons. The van der Waals surface area contributed by atoms with Gasteiger partial charge in [0.25, 0.3) is 0 Å². The van der Waals surface area contributed by atoms with E-state index in [9.17, 15) is 4.39 Å². The Balaban J connectivity index is 2.28. The minimum absolute atomic E-state index is 0.160. The number of rotatable bonds is 4. The predicted octanol–water partition coefficient (Wildman–Crippen LogP) is 3.89. The SMILES string of the molecule is CCOc1ccc(C(N)c2cc(C)c(F)c(C)c2)cc1. The first kappa shape index (κ1) is 14.5. The van der Waals surface area contributed by atoms with E-state index in [0.717, 1.165) is 16.9 Å². The number of ether oxygens (including phenoxy) is 1. The van der Waals surface area contributed by atoms with Crippen molar-refractivity contribution in [1.82, 2.24) is 0 Å². The number of hydrogen-bond acceptors (Lipinski definition) is 2. The Morgan fingerprint density at radius 2 is 1.60 bits per heavy atom. The maximum absolute atomic E-state index is 13.7.